The van der Waals surface area contributed by atoms with Crippen molar-refractivity contribution in [1.29, 1.82) is 5.26 Å². The molecule has 2 aromatic carbocycles. The normalized spacial score (nSPS) is 9.68. The lowest BCUT2D eigenvalue weighted by atomic mass is 10.1. The Bertz CT molecular complexity index is 570. The largest absolute Gasteiger partial charge is 0.497 e. The van der Waals surface area contributed by atoms with E-state index in [9.17, 15) is 0 Å². The highest BCUT2D eigenvalue weighted by atomic mass is 16.5. The summed E-state index contributed by atoms with van der Waals surface area (Å²) in [4.78, 5) is 0. The van der Waals surface area contributed by atoms with Crippen LogP contribution in [0.5, 0.6) is 11.5 Å². The lowest BCUT2D eigenvalue weighted by molar-refractivity contribution is 0.321. The van der Waals surface area contributed by atoms with E-state index in [1.807, 2.05) is 42.5 Å². The number of methoxy groups -OCH3 is 1. The van der Waals surface area contributed by atoms with Gasteiger partial charge in [-0.2, -0.15) is 5.26 Å². The molecular weight excluding hydrogens is 238 g/mol. The van der Waals surface area contributed by atoms with Crippen molar-refractivity contribution in [2.75, 3.05) is 13.7 Å². The molecule has 2 rings (SSSR count). The first kappa shape index (κ1) is 13.0. The number of hydrogen-bond acceptors (Lipinski definition) is 3. The van der Waals surface area contributed by atoms with Gasteiger partial charge in [0, 0.05) is 6.42 Å². The smallest absolute Gasteiger partial charge is 0.137 e. The molecule has 0 aliphatic heterocycles. The van der Waals surface area contributed by atoms with Crippen molar-refractivity contribution in [3.63, 3.8) is 0 Å². The molecule has 96 valence electrons. The molecule has 3 heteroatoms. The third kappa shape index (κ3) is 3.49. The molecule has 0 heterocycles. The second-order valence-electron chi connectivity index (χ2n) is 4.05. The van der Waals surface area contributed by atoms with Gasteiger partial charge in [0.1, 0.15) is 17.6 Å². The predicted octanol–water partition coefficient (Wildman–Crippen LogP) is 3.19. The van der Waals surface area contributed by atoms with Crippen molar-refractivity contribution < 1.29 is 9.47 Å². The Kier molecular flexibility index (Phi) is 4.41. The van der Waals surface area contributed by atoms with Crippen LogP contribution in [0, 0.1) is 11.3 Å². The van der Waals surface area contributed by atoms with Crippen LogP contribution >= 0.6 is 0 Å². The number of rotatable bonds is 5. The maximum atomic E-state index is 8.95. The van der Waals surface area contributed by atoms with Crippen LogP contribution in [0.1, 0.15) is 11.1 Å². The Labute approximate surface area is 113 Å². The fraction of sp³-hybridized carbons (Fsp3) is 0.188. The fourth-order valence-electron chi connectivity index (χ4n) is 1.76. The van der Waals surface area contributed by atoms with Gasteiger partial charge in [-0.15, -0.1) is 0 Å². The molecule has 19 heavy (non-hydrogen) atoms. The van der Waals surface area contributed by atoms with Crippen LogP contribution in [0.25, 0.3) is 0 Å². The molecule has 0 atom stereocenters. The molecule has 2 aromatic rings. The molecule has 0 saturated heterocycles. The molecular formula is C16H15NO2. The van der Waals surface area contributed by atoms with Gasteiger partial charge in [-0.25, -0.2) is 0 Å². The molecule has 3 nitrogen and oxygen atoms in total. The average Bonchev–Trinajstić information content (AvgIpc) is 2.48. The standard InChI is InChI=1S/C16H15NO2/c1-18-15-8-6-13(7-9-15)10-11-19-16-5-3-2-4-14(16)12-17/h2-9H,10-11H2,1H3. The van der Waals surface area contributed by atoms with E-state index < -0.39 is 0 Å². The van der Waals surface area contributed by atoms with Crippen molar-refractivity contribution in [1.82, 2.24) is 0 Å². The number of hydrogen-bond donors (Lipinski definition) is 0. The van der Waals surface area contributed by atoms with Gasteiger partial charge in [0.15, 0.2) is 0 Å². The van der Waals surface area contributed by atoms with Gasteiger partial charge in [0.2, 0.25) is 0 Å². The monoisotopic (exact) mass is 253 g/mol. The summed E-state index contributed by atoms with van der Waals surface area (Å²) in [5.74, 6) is 1.48. The quantitative estimate of drug-likeness (QED) is 0.821. The summed E-state index contributed by atoms with van der Waals surface area (Å²) in [6, 6.07) is 17.3. The topological polar surface area (TPSA) is 42.2 Å². The number of nitrogens with zero attached hydrogens (tertiary/aromatic N) is 1. The van der Waals surface area contributed by atoms with E-state index in [0.717, 1.165) is 12.2 Å². The van der Waals surface area contributed by atoms with Crippen LogP contribution in [0.4, 0.5) is 0 Å². The van der Waals surface area contributed by atoms with E-state index in [-0.39, 0.29) is 0 Å². The molecule has 0 amide bonds. The minimum atomic E-state index is 0.547. The van der Waals surface area contributed by atoms with Crippen LogP contribution in [0.15, 0.2) is 48.5 Å². The molecule has 0 radical (unpaired) electrons. The van der Waals surface area contributed by atoms with Gasteiger partial charge >= 0.3 is 0 Å². The van der Waals surface area contributed by atoms with Gasteiger partial charge < -0.3 is 9.47 Å². The van der Waals surface area contributed by atoms with Crippen molar-refractivity contribution in [2.24, 2.45) is 0 Å². The zero-order valence-corrected chi connectivity index (χ0v) is 10.8. The molecule has 0 spiro atoms. The van der Waals surface area contributed by atoms with Crippen LogP contribution < -0.4 is 9.47 Å². The van der Waals surface area contributed by atoms with Crippen molar-refractivity contribution in [3.8, 4) is 17.6 Å². The van der Waals surface area contributed by atoms with E-state index in [1.165, 1.54) is 5.56 Å². The SMILES string of the molecule is COc1ccc(CCOc2ccccc2C#N)cc1. The molecule has 0 bridgehead atoms. The Hall–Kier alpha value is -2.47. The average molecular weight is 253 g/mol. The third-order valence-corrected chi connectivity index (χ3v) is 2.81. The fourth-order valence-corrected chi connectivity index (χ4v) is 1.76. The summed E-state index contributed by atoms with van der Waals surface area (Å²) in [5, 5.41) is 8.95. The lowest BCUT2D eigenvalue weighted by Crippen LogP contribution is -2.02. The predicted molar refractivity (Wildman–Crippen MR) is 73.4 cm³/mol. The van der Waals surface area contributed by atoms with Gasteiger partial charge in [-0.1, -0.05) is 24.3 Å². The van der Waals surface area contributed by atoms with E-state index >= 15 is 0 Å². The minimum absolute atomic E-state index is 0.547. The summed E-state index contributed by atoms with van der Waals surface area (Å²) >= 11 is 0. The van der Waals surface area contributed by atoms with Crippen molar-refractivity contribution >= 4 is 0 Å². The van der Waals surface area contributed by atoms with Crippen LogP contribution in [0.2, 0.25) is 0 Å². The number of ether oxygens (including phenoxy) is 2. The Balaban J connectivity index is 1.91. The summed E-state index contributed by atoms with van der Waals surface area (Å²) in [6.45, 7) is 0.547. The highest BCUT2D eigenvalue weighted by Crippen LogP contribution is 2.17. The zero-order valence-electron chi connectivity index (χ0n) is 10.8. The second-order valence-corrected chi connectivity index (χ2v) is 4.05. The summed E-state index contributed by atoms with van der Waals surface area (Å²) in [7, 11) is 1.65. The first-order valence-corrected chi connectivity index (χ1v) is 6.08. The highest BCUT2D eigenvalue weighted by molar-refractivity contribution is 5.42. The first-order chi connectivity index (χ1) is 9.33. The number of benzene rings is 2. The van der Waals surface area contributed by atoms with Crippen molar-refractivity contribution in [2.45, 2.75) is 6.42 Å². The third-order valence-electron chi connectivity index (χ3n) is 2.81. The minimum Gasteiger partial charge on any atom is -0.497 e. The number of para-hydroxylation sites is 1. The molecule has 0 aromatic heterocycles. The Morgan fingerprint density at radius 3 is 2.47 bits per heavy atom. The van der Waals surface area contributed by atoms with Crippen LogP contribution in [-0.2, 0) is 6.42 Å². The number of nitriles is 1. The molecule has 0 aliphatic rings. The summed E-state index contributed by atoms with van der Waals surface area (Å²) < 4.78 is 10.7. The van der Waals surface area contributed by atoms with Gasteiger partial charge in [-0.05, 0) is 29.8 Å². The highest BCUT2D eigenvalue weighted by Gasteiger charge is 2.01. The summed E-state index contributed by atoms with van der Waals surface area (Å²) in [5.41, 5.74) is 1.74. The summed E-state index contributed by atoms with van der Waals surface area (Å²) in [6.07, 6.45) is 0.795. The second kappa shape index (κ2) is 6.46. The zero-order chi connectivity index (χ0) is 13.5. The maximum Gasteiger partial charge on any atom is 0.137 e. The van der Waals surface area contributed by atoms with E-state index in [2.05, 4.69) is 6.07 Å². The van der Waals surface area contributed by atoms with Crippen LogP contribution in [-0.4, -0.2) is 13.7 Å². The molecule has 0 unspecified atom stereocenters. The van der Waals surface area contributed by atoms with Crippen LogP contribution in [0.3, 0.4) is 0 Å². The van der Waals surface area contributed by atoms with Gasteiger partial charge in [0.25, 0.3) is 0 Å². The lowest BCUT2D eigenvalue weighted by Gasteiger charge is -2.08. The van der Waals surface area contributed by atoms with E-state index in [1.54, 1.807) is 13.2 Å². The van der Waals surface area contributed by atoms with Gasteiger partial charge in [-0.3, -0.25) is 0 Å². The van der Waals surface area contributed by atoms with E-state index in [0.29, 0.717) is 17.9 Å². The first-order valence-electron chi connectivity index (χ1n) is 6.08. The molecule has 0 saturated carbocycles. The molecule has 0 fully saturated rings. The molecule has 0 N–H and O–H groups in total. The Morgan fingerprint density at radius 2 is 1.79 bits per heavy atom. The maximum absolute atomic E-state index is 8.95. The van der Waals surface area contributed by atoms with Crippen molar-refractivity contribution in [3.05, 3.63) is 59.7 Å². The van der Waals surface area contributed by atoms with Gasteiger partial charge in [0.05, 0.1) is 19.3 Å². The molecule has 0 aliphatic carbocycles. The van der Waals surface area contributed by atoms with E-state index in [4.69, 9.17) is 14.7 Å². The Morgan fingerprint density at radius 1 is 1.05 bits per heavy atom.